The minimum absolute atomic E-state index is 0.0306. The third kappa shape index (κ3) is 3.47. The van der Waals surface area contributed by atoms with Gasteiger partial charge in [0, 0.05) is 17.8 Å². The van der Waals surface area contributed by atoms with E-state index in [-0.39, 0.29) is 11.4 Å². The number of rotatable bonds is 4. The van der Waals surface area contributed by atoms with Crippen LogP contribution in [0.4, 0.5) is 18.9 Å². The topological polar surface area (TPSA) is 72.4 Å². The Bertz CT molecular complexity index is 1140. The molecule has 0 saturated heterocycles. The Balaban J connectivity index is 1.48. The number of nitrogens with zero attached hydrogens (tertiary/aromatic N) is 3. The second-order valence-corrected chi connectivity index (χ2v) is 6.59. The number of aromatic nitrogens is 3. The number of alkyl halides is 3. The Morgan fingerprint density at radius 2 is 2.07 bits per heavy atom. The standard InChI is InChI=1S/C17H11F3N4O2S/c18-17(19,20)10-2-1-3-11(6-10)22-15(25)8-27-16-13-7-14-12(4-5-26-14)24(13)9-21-23-16/h1-7,9H,8H2,(H,22,25). The molecule has 4 rings (SSSR count). The molecule has 1 amide bonds. The lowest BCUT2D eigenvalue weighted by Crippen LogP contribution is -2.15. The molecular formula is C17H11F3N4O2S. The molecule has 6 nitrogen and oxygen atoms in total. The first-order valence-corrected chi connectivity index (χ1v) is 8.70. The summed E-state index contributed by atoms with van der Waals surface area (Å²) in [5.74, 6) is -0.477. The summed E-state index contributed by atoms with van der Waals surface area (Å²) < 4.78 is 45.4. The quantitative estimate of drug-likeness (QED) is 0.527. The van der Waals surface area contributed by atoms with Gasteiger partial charge in [-0.1, -0.05) is 17.8 Å². The normalized spacial score (nSPS) is 12.0. The van der Waals surface area contributed by atoms with Gasteiger partial charge in [-0.2, -0.15) is 13.2 Å². The predicted octanol–water partition coefficient (Wildman–Crippen LogP) is 4.23. The van der Waals surface area contributed by atoms with Gasteiger partial charge in [-0.15, -0.1) is 10.2 Å². The number of fused-ring (bicyclic) bond motifs is 3. The van der Waals surface area contributed by atoms with E-state index < -0.39 is 17.6 Å². The number of carbonyl (C=O) groups is 1. The Morgan fingerprint density at radius 3 is 2.89 bits per heavy atom. The Hall–Kier alpha value is -3.01. The van der Waals surface area contributed by atoms with Gasteiger partial charge in [-0.25, -0.2) is 0 Å². The molecule has 0 atom stereocenters. The zero-order chi connectivity index (χ0) is 19.0. The number of hydrogen-bond acceptors (Lipinski definition) is 5. The fraction of sp³-hybridized carbons (Fsp3) is 0.118. The maximum atomic E-state index is 12.7. The van der Waals surface area contributed by atoms with Gasteiger partial charge < -0.3 is 9.73 Å². The van der Waals surface area contributed by atoms with Crippen molar-refractivity contribution in [1.82, 2.24) is 14.6 Å². The lowest BCUT2D eigenvalue weighted by atomic mass is 10.2. The van der Waals surface area contributed by atoms with Gasteiger partial charge in [0.25, 0.3) is 0 Å². The molecule has 138 valence electrons. The second kappa shape index (κ2) is 6.62. The Kier molecular flexibility index (Phi) is 4.27. The molecule has 1 aromatic carbocycles. The van der Waals surface area contributed by atoms with Crippen LogP contribution in [0.3, 0.4) is 0 Å². The lowest BCUT2D eigenvalue weighted by Gasteiger charge is -2.09. The highest BCUT2D eigenvalue weighted by atomic mass is 32.2. The van der Waals surface area contributed by atoms with E-state index in [1.165, 1.54) is 12.1 Å². The predicted molar refractivity (Wildman–Crippen MR) is 93.6 cm³/mol. The molecule has 0 fully saturated rings. The van der Waals surface area contributed by atoms with E-state index in [1.54, 1.807) is 29.1 Å². The molecule has 0 radical (unpaired) electrons. The molecule has 0 aliphatic carbocycles. The highest BCUT2D eigenvalue weighted by molar-refractivity contribution is 8.00. The van der Waals surface area contributed by atoms with Crippen molar-refractivity contribution in [2.45, 2.75) is 11.2 Å². The molecule has 1 N–H and O–H groups in total. The minimum atomic E-state index is -4.47. The fourth-order valence-electron chi connectivity index (χ4n) is 2.62. The molecule has 0 saturated carbocycles. The zero-order valence-electron chi connectivity index (χ0n) is 13.5. The third-order valence-electron chi connectivity index (χ3n) is 3.81. The second-order valence-electron chi connectivity index (χ2n) is 5.62. The van der Waals surface area contributed by atoms with E-state index in [1.807, 2.05) is 0 Å². The molecule has 3 aromatic heterocycles. The molecule has 0 aliphatic heterocycles. The van der Waals surface area contributed by atoms with Crippen LogP contribution < -0.4 is 5.32 Å². The van der Waals surface area contributed by atoms with Crippen molar-refractivity contribution in [3.63, 3.8) is 0 Å². The van der Waals surface area contributed by atoms with Crippen molar-refractivity contribution in [3.05, 3.63) is 54.6 Å². The number of benzene rings is 1. The van der Waals surface area contributed by atoms with Gasteiger partial charge in [0.15, 0.2) is 5.58 Å². The highest BCUT2D eigenvalue weighted by Crippen LogP contribution is 2.31. The number of amides is 1. The van der Waals surface area contributed by atoms with Gasteiger partial charge >= 0.3 is 6.18 Å². The average molecular weight is 392 g/mol. The van der Waals surface area contributed by atoms with Crippen LogP contribution in [0.15, 0.2) is 58.4 Å². The van der Waals surface area contributed by atoms with Crippen LogP contribution in [0, 0.1) is 0 Å². The van der Waals surface area contributed by atoms with E-state index >= 15 is 0 Å². The van der Waals surface area contributed by atoms with Gasteiger partial charge in [0.2, 0.25) is 5.91 Å². The third-order valence-corrected chi connectivity index (χ3v) is 4.78. The molecule has 4 aromatic rings. The number of halogens is 3. The lowest BCUT2D eigenvalue weighted by molar-refractivity contribution is -0.137. The number of nitrogens with one attached hydrogen (secondary N) is 1. The molecular weight excluding hydrogens is 381 g/mol. The summed E-state index contributed by atoms with van der Waals surface area (Å²) in [5.41, 5.74) is 1.49. The summed E-state index contributed by atoms with van der Waals surface area (Å²) in [7, 11) is 0. The maximum Gasteiger partial charge on any atom is 0.416 e. The van der Waals surface area contributed by atoms with Crippen molar-refractivity contribution in [3.8, 4) is 0 Å². The van der Waals surface area contributed by atoms with Crippen LogP contribution in [-0.4, -0.2) is 26.3 Å². The summed E-state index contributed by atoms with van der Waals surface area (Å²) in [6.45, 7) is 0. The number of hydrogen-bond donors (Lipinski definition) is 1. The smallest absolute Gasteiger partial charge is 0.416 e. The minimum Gasteiger partial charge on any atom is -0.463 e. The van der Waals surface area contributed by atoms with Crippen LogP contribution >= 0.6 is 11.8 Å². The average Bonchev–Trinajstić information content (AvgIpc) is 3.21. The maximum absolute atomic E-state index is 12.7. The fourth-order valence-corrected chi connectivity index (χ4v) is 3.37. The van der Waals surface area contributed by atoms with Crippen LogP contribution in [0.1, 0.15) is 5.56 Å². The molecule has 3 heterocycles. The monoisotopic (exact) mass is 392 g/mol. The highest BCUT2D eigenvalue weighted by Gasteiger charge is 2.30. The summed E-state index contributed by atoms with van der Waals surface area (Å²) in [4.78, 5) is 12.1. The SMILES string of the molecule is O=C(CSc1nncn2c1cc1occc12)Nc1cccc(C(F)(F)F)c1. The van der Waals surface area contributed by atoms with Crippen LogP contribution in [0.5, 0.6) is 0 Å². The summed E-state index contributed by atoms with van der Waals surface area (Å²) in [5, 5.41) is 10.9. The first-order chi connectivity index (χ1) is 12.9. The van der Waals surface area contributed by atoms with Crippen LogP contribution in [-0.2, 0) is 11.0 Å². The molecule has 27 heavy (non-hydrogen) atoms. The van der Waals surface area contributed by atoms with Gasteiger partial charge in [0.1, 0.15) is 11.4 Å². The van der Waals surface area contributed by atoms with Crippen molar-refractivity contribution in [1.29, 1.82) is 0 Å². The van der Waals surface area contributed by atoms with Crippen molar-refractivity contribution in [2.75, 3.05) is 11.1 Å². The number of thioether (sulfide) groups is 1. The summed E-state index contributed by atoms with van der Waals surface area (Å²) in [6, 6.07) is 8.07. The van der Waals surface area contributed by atoms with E-state index in [0.29, 0.717) is 10.6 Å². The van der Waals surface area contributed by atoms with Crippen molar-refractivity contribution in [2.24, 2.45) is 0 Å². The molecule has 0 spiro atoms. The van der Waals surface area contributed by atoms with Crippen LogP contribution in [0.2, 0.25) is 0 Å². The van der Waals surface area contributed by atoms with Gasteiger partial charge in [-0.05, 0) is 18.2 Å². The largest absolute Gasteiger partial charge is 0.463 e. The van der Waals surface area contributed by atoms with Crippen LogP contribution in [0.25, 0.3) is 16.6 Å². The molecule has 0 unspecified atom stereocenters. The number of anilines is 1. The summed E-state index contributed by atoms with van der Waals surface area (Å²) >= 11 is 1.14. The van der Waals surface area contributed by atoms with E-state index in [2.05, 4.69) is 15.5 Å². The van der Waals surface area contributed by atoms with Crippen molar-refractivity contribution >= 4 is 40.0 Å². The molecule has 0 bridgehead atoms. The first-order valence-electron chi connectivity index (χ1n) is 7.72. The summed E-state index contributed by atoms with van der Waals surface area (Å²) in [6.07, 6.45) is -1.36. The first kappa shape index (κ1) is 17.4. The van der Waals surface area contributed by atoms with E-state index in [0.717, 1.165) is 34.9 Å². The zero-order valence-corrected chi connectivity index (χ0v) is 14.3. The van der Waals surface area contributed by atoms with E-state index in [4.69, 9.17) is 4.42 Å². The Labute approximate surface area is 154 Å². The molecule has 0 aliphatic rings. The molecule has 10 heteroatoms. The number of furan rings is 1. The van der Waals surface area contributed by atoms with Crippen molar-refractivity contribution < 1.29 is 22.4 Å². The van der Waals surface area contributed by atoms with Gasteiger partial charge in [0.05, 0.1) is 28.6 Å². The Morgan fingerprint density at radius 1 is 1.22 bits per heavy atom. The number of carbonyl (C=O) groups excluding carboxylic acids is 1. The van der Waals surface area contributed by atoms with E-state index in [9.17, 15) is 18.0 Å². The van der Waals surface area contributed by atoms with Gasteiger partial charge in [-0.3, -0.25) is 9.20 Å².